The van der Waals surface area contributed by atoms with Crippen molar-refractivity contribution in [2.24, 2.45) is 0 Å². The maximum Gasteiger partial charge on any atom is 0.0629 e. The second kappa shape index (κ2) is 6.19. The highest BCUT2D eigenvalue weighted by molar-refractivity contribution is 5.57. The SMILES string of the molecule is Cc1ccc([C](c2ccc(C)cc2)c2ccc(C)cc2)cc1. The molecule has 0 bridgehead atoms. The Morgan fingerprint density at radius 1 is 0.409 bits per heavy atom. The molecule has 0 nitrogen and oxygen atoms in total. The van der Waals surface area contributed by atoms with Gasteiger partial charge in [-0.15, -0.1) is 0 Å². The van der Waals surface area contributed by atoms with E-state index >= 15 is 0 Å². The molecule has 3 aromatic carbocycles. The molecule has 0 saturated carbocycles. The highest BCUT2D eigenvalue weighted by Crippen LogP contribution is 2.31. The predicted molar refractivity (Wildman–Crippen MR) is 94.1 cm³/mol. The minimum absolute atomic E-state index is 1.26. The second-order valence-corrected chi connectivity index (χ2v) is 5.97. The zero-order chi connectivity index (χ0) is 15.5. The molecule has 0 aliphatic rings. The fraction of sp³-hybridized carbons (Fsp3) is 0.136. The van der Waals surface area contributed by atoms with Gasteiger partial charge in [-0.05, 0) is 37.5 Å². The lowest BCUT2D eigenvalue weighted by molar-refractivity contribution is 1.21. The lowest BCUT2D eigenvalue weighted by Crippen LogP contribution is -2.04. The molecule has 0 aliphatic carbocycles. The average molecular weight is 285 g/mol. The first-order chi connectivity index (χ1) is 10.6. The summed E-state index contributed by atoms with van der Waals surface area (Å²) in [6.45, 7) is 6.38. The molecule has 0 heterocycles. The van der Waals surface area contributed by atoms with Crippen molar-refractivity contribution in [2.75, 3.05) is 0 Å². The van der Waals surface area contributed by atoms with Crippen LogP contribution in [0.5, 0.6) is 0 Å². The van der Waals surface area contributed by atoms with E-state index in [0.29, 0.717) is 0 Å². The highest BCUT2D eigenvalue weighted by Gasteiger charge is 2.17. The molecule has 0 N–H and O–H groups in total. The number of hydrogen-bond donors (Lipinski definition) is 0. The van der Waals surface area contributed by atoms with Crippen molar-refractivity contribution < 1.29 is 0 Å². The van der Waals surface area contributed by atoms with Crippen LogP contribution in [-0.2, 0) is 0 Å². The summed E-state index contributed by atoms with van der Waals surface area (Å²) in [4.78, 5) is 0. The fourth-order valence-corrected chi connectivity index (χ4v) is 2.66. The third kappa shape index (κ3) is 3.12. The zero-order valence-corrected chi connectivity index (χ0v) is 13.4. The van der Waals surface area contributed by atoms with Gasteiger partial charge < -0.3 is 0 Å². The summed E-state index contributed by atoms with van der Waals surface area (Å²) in [6.07, 6.45) is 0. The molecule has 3 aromatic rings. The van der Waals surface area contributed by atoms with E-state index in [1.165, 1.54) is 39.3 Å². The Morgan fingerprint density at radius 2 is 0.636 bits per heavy atom. The number of rotatable bonds is 3. The van der Waals surface area contributed by atoms with Crippen LogP contribution in [0, 0.1) is 26.7 Å². The van der Waals surface area contributed by atoms with E-state index in [1.54, 1.807) is 0 Å². The van der Waals surface area contributed by atoms with E-state index in [4.69, 9.17) is 0 Å². The van der Waals surface area contributed by atoms with Crippen LogP contribution in [0.4, 0.5) is 0 Å². The molecule has 0 fully saturated rings. The first-order valence-electron chi connectivity index (χ1n) is 7.71. The summed E-state index contributed by atoms with van der Waals surface area (Å²) in [5.74, 6) is 1.29. The fourth-order valence-electron chi connectivity index (χ4n) is 2.66. The van der Waals surface area contributed by atoms with Crippen molar-refractivity contribution >= 4 is 0 Å². The topological polar surface area (TPSA) is 0 Å². The van der Waals surface area contributed by atoms with E-state index < -0.39 is 0 Å². The van der Waals surface area contributed by atoms with Crippen LogP contribution >= 0.6 is 0 Å². The van der Waals surface area contributed by atoms with Gasteiger partial charge in [0, 0.05) is 0 Å². The lowest BCUT2D eigenvalue weighted by atomic mass is 9.84. The van der Waals surface area contributed by atoms with Gasteiger partial charge in [-0.25, -0.2) is 0 Å². The van der Waals surface area contributed by atoms with Crippen LogP contribution in [0.1, 0.15) is 33.4 Å². The Hall–Kier alpha value is -2.34. The van der Waals surface area contributed by atoms with Crippen molar-refractivity contribution in [3.63, 3.8) is 0 Å². The van der Waals surface area contributed by atoms with E-state index in [2.05, 4.69) is 93.6 Å². The number of hydrogen-bond acceptors (Lipinski definition) is 0. The number of benzene rings is 3. The van der Waals surface area contributed by atoms with Crippen LogP contribution in [-0.4, -0.2) is 0 Å². The molecule has 0 saturated heterocycles. The maximum absolute atomic E-state index is 2.21. The first-order valence-corrected chi connectivity index (χ1v) is 7.71. The van der Waals surface area contributed by atoms with Crippen molar-refractivity contribution in [3.05, 3.63) is 112 Å². The Balaban J connectivity index is 2.10. The minimum Gasteiger partial charge on any atom is -0.0590 e. The van der Waals surface area contributed by atoms with Gasteiger partial charge in [0.2, 0.25) is 0 Å². The lowest BCUT2D eigenvalue weighted by Gasteiger charge is -2.18. The first kappa shape index (κ1) is 14.6. The molecule has 0 unspecified atom stereocenters. The van der Waals surface area contributed by atoms with E-state index in [0.717, 1.165) is 0 Å². The van der Waals surface area contributed by atoms with Crippen LogP contribution in [0.15, 0.2) is 72.8 Å². The van der Waals surface area contributed by atoms with Crippen LogP contribution in [0.25, 0.3) is 0 Å². The molecule has 1 radical (unpaired) electrons. The van der Waals surface area contributed by atoms with Crippen molar-refractivity contribution in [3.8, 4) is 0 Å². The van der Waals surface area contributed by atoms with E-state index in [9.17, 15) is 0 Å². The molecule has 0 aliphatic heterocycles. The molecule has 109 valence electrons. The van der Waals surface area contributed by atoms with Gasteiger partial charge in [-0.2, -0.15) is 0 Å². The van der Waals surface area contributed by atoms with Gasteiger partial charge in [0.25, 0.3) is 0 Å². The smallest absolute Gasteiger partial charge is 0.0590 e. The summed E-state index contributed by atoms with van der Waals surface area (Å²) in [5, 5.41) is 0. The van der Waals surface area contributed by atoms with Gasteiger partial charge in [-0.1, -0.05) is 89.5 Å². The second-order valence-electron chi connectivity index (χ2n) is 5.97. The molecular formula is C22H21. The van der Waals surface area contributed by atoms with Crippen LogP contribution in [0.3, 0.4) is 0 Å². The molecule has 0 amide bonds. The summed E-state index contributed by atoms with van der Waals surface area (Å²) in [7, 11) is 0. The van der Waals surface area contributed by atoms with Crippen molar-refractivity contribution in [2.45, 2.75) is 20.8 Å². The van der Waals surface area contributed by atoms with Gasteiger partial charge in [0.15, 0.2) is 0 Å². The Labute approximate surface area is 133 Å². The average Bonchev–Trinajstić information content (AvgIpc) is 2.53. The Morgan fingerprint density at radius 3 is 0.864 bits per heavy atom. The van der Waals surface area contributed by atoms with E-state index in [-0.39, 0.29) is 0 Å². The predicted octanol–water partition coefficient (Wildman–Crippen LogP) is 5.63. The molecule has 3 rings (SSSR count). The Bertz CT molecular complexity index is 623. The van der Waals surface area contributed by atoms with Crippen molar-refractivity contribution in [1.82, 2.24) is 0 Å². The zero-order valence-electron chi connectivity index (χ0n) is 13.4. The maximum atomic E-state index is 2.21. The van der Waals surface area contributed by atoms with E-state index in [1.807, 2.05) is 0 Å². The van der Waals surface area contributed by atoms with Gasteiger partial charge in [0.05, 0.1) is 5.92 Å². The minimum atomic E-state index is 1.26. The third-order valence-corrected chi connectivity index (χ3v) is 4.02. The summed E-state index contributed by atoms with van der Waals surface area (Å²) >= 11 is 0. The molecular weight excluding hydrogens is 264 g/mol. The monoisotopic (exact) mass is 285 g/mol. The quantitative estimate of drug-likeness (QED) is 0.547. The molecule has 0 atom stereocenters. The highest BCUT2D eigenvalue weighted by atomic mass is 14.2. The molecule has 0 spiro atoms. The number of aryl methyl sites for hydroxylation is 3. The molecule has 22 heavy (non-hydrogen) atoms. The normalized spacial score (nSPS) is 10.9. The Kier molecular flexibility index (Phi) is 4.11. The van der Waals surface area contributed by atoms with Gasteiger partial charge >= 0.3 is 0 Å². The summed E-state index contributed by atoms with van der Waals surface area (Å²) < 4.78 is 0. The largest absolute Gasteiger partial charge is 0.0629 e. The summed E-state index contributed by atoms with van der Waals surface area (Å²) in [6, 6.07) is 26.3. The standard InChI is InChI=1S/C22H21/c1-16-4-10-19(11-5-16)22(20-12-6-17(2)7-13-20)21-14-8-18(3)9-15-21/h4-15H,1-3H3. The van der Waals surface area contributed by atoms with Crippen LogP contribution < -0.4 is 0 Å². The van der Waals surface area contributed by atoms with Gasteiger partial charge in [-0.3, -0.25) is 0 Å². The third-order valence-electron chi connectivity index (χ3n) is 4.02. The summed E-state index contributed by atoms with van der Waals surface area (Å²) in [5.41, 5.74) is 7.65. The van der Waals surface area contributed by atoms with Crippen molar-refractivity contribution in [1.29, 1.82) is 0 Å². The molecule has 0 aromatic heterocycles. The van der Waals surface area contributed by atoms with Crippen LogP contribution in [0.2, 0.25) is 0 Å². The molecule has 0 heteroatoms. The van der Waals surface area contributed by atoms with Gasteiger partial charge in [0.1, 0.15) is 0 Å².